The van der Waals surface area contributed by atoms with Gasteiger partial charge in [0.1, 0.15) is 5.82 Å². The van der Waals surface area contributed by atoms with Gasteiger partial charge in [-0.05, 0) is 18.2 Å². The van der Waals surface area contributed by atoms with Gasteiger partial charge in [-0.15, -0.1) is 0 Å². The fraction of sp³-hybridized carbons (Fsp3) is 0.364. The Morgan fingerprint density at radius 3 is 2.67 bits per heavy atom. The highest BCUT2D eigenvalue weighted by atomic mass is 79.9. The summed E-state index contributed by atoms with van der Waals surface area (Å²) < 4.78 is 14.1. The summed E-state index contributed by atoms with van der Waals surface area (Å²) in [5.41, 5.74) is 4.83. The smallest absolute Gasteiger partial charge is 0.172 e. The average Bonchev–Trinajstić information content (AvgIpc) is 2.20. The van der Waals surface area contributed by atoms with Gasteiger partial charge >= 0.3 is 0 Å². The van der Waals surface area contributed by atoms with Gasteiger partial charge in [0.05, 0.1) is 5.56 Å². The highest BCUT2D eigenvalue weighted by Crippen LogP contribution is 2.24. The maximum atomic E-state index is 13.4. The number of carbonyl (C=O) groups is 1. The van der Waals surface area contributed by atoms with E-state index in [1.807, 2.05) is 0 Å². The topological polar surface area (TPSA) is 43.1 Å². The minimum Gasteiger partial charge on any atom is -0.329 e. The summed E-state index contributed by atoms with van der Waals surface area (Å²) in [7, 11) is 0. The lowest BCUT2D eigenvalue weighted by Gasteiger charge is -2.20. The normalized spacial score (nSPS) is 11.5. The third kappa shape index (κ3) is 2.63. The summed E-state index contributed by atoms with van der Waals surface area (Å²) in [5.74, 6) is -0.784. The van der Waals surface area contributed by atoms with Gasteiger partial charge in [0.25, 0.3) is 0 Å². The Bertz CT molecular complexity index is 390. The molecule has 4 heteroatoms. The predicted octanol–water partition coefficient (Wildman–Crippen LogP) is 2.76. The molecule has 0 aliphatic rings. The second-order valence-corrected chi connectivity index (χ2v) is 4.96. The Balaban J connectivity index is 3.17. The van der Waals surface area contributed by atoms with Crippen molar-refractivity contribution in [1.29, 1.82) is 0 Å². The Kier molecular flexibility index (Phi) is 3.62. The summed E-state index contributed by atoms with van der Waals surface area (Å²) in [6, 6.07) is 4.31. The Morgan fingerprint density at radius 2 is 2.13 bits per heavy atom. The molecule has 2 nitrogen and oxygen atoms in total. The number of halogens is 2. The lowest BCUT2D eigenvalue weighted by molar-refractivity contribution is 0.0843. The first-order valence-corrected chi connectivity index (χ1v) is 5.37. The monoisotopic (exact) mass is 273 g/mol. The van der Waals surface area contributed by atoms with Gasteiger partial charge in [-0.25, -0.2) is 4.39 Å². The molecule has 0 amide bonds. The lowest BCUT2D eigenvalue weighted by atomic mass is 9.84. The molecule has 0 fully saturated rings. The van der Waals surface area contributed by atoms with Crippen LogP contribution >= 0.6 is 15.9 Å². The van der Waals surface area contributed by atoms with Crippen molar-refractivity contribution in [2.45, 2.75) is 13.8 Å². The van der Waals surface area contributed by atoms with Crippen LogP contribution in [0.1, 0.15) is 24.2 Å². The van der Waals surface area contributed by atoms with E-state index in [9.17, 15) is 9.18 Å². The number of hydrogen-bond donors (Lipinski definition) is 1. The number of nitrogens with two attached hydrogens (primary N) is 1. The Morgan fingerprint density at radius 1 is 1.53 bits per heavy atom. The van der Waals surface area contributed by atoms with Crippen molar-refractivity contribution < 1.29 is 9.18 Å². The first-order chi connectivity index (χ1) is 6.88. The first-order valence-electron chi connectivity index (χ1n) is 4.58. The third-order valence-electron chi connectivity index (χ3n) is 2.30. The molecule has 1 aromatic rings. The Hall–Kier alpha value is -0.740. The molecule has 1 aromatic carbocycles. The number of ketones is 1. The van der Waals surface area contributed by atoms with Crippen molar-refractivity contribution in [3.05, 3.63) is 34.1 Å². The van der Waals surface area contributed by atoms with E-state index < -0.39 is 11.2 Å². The van der Waals surface area contributed by atoms with Crippen LogP contribution in [-0.4, -0.2) is 12.3 Å². The minimum atomic E-state index is -0.734. The van der Waals surface area contributed by atoms with Crippen LogP contribution in [0, 0.1) is 11.2 Å². The molecule has 0 atom stereocenters. The molecule has 2 N–H and O–H groups in total. The molecule has 0 aromatic heterocycles. The van der Waals surface area contributed by atoms with Crippen molar-refractivity contribution >= 4 is 21.7 Å². The molecule has 0 radical (unpaired) electrons. The van der Waals surface area contributed by atoms with Crippen molar-refractivity contribution in [2.24, 2.45) is 11.1 Å². The predicted molar refractivity (Wildman–Crippen MR) is 61.3 cm³/mol. The molecule has 1 rings (SSSR count). The maximum absolute atomic E-state index is 13.4. The summed E-state index contributed by atoms with van der Waals surface area (Å²) in [6.45, 7) is 3.60. The highest BCUT2D eigenvalue weighted by molar-refractivity contribution is 9.10. The van der Waals surface area contributed by atoms with Crippen molar-refractivity contribution in [3.63, 3.8) is 0 Å². The van der Waals surface area contributed by atoms with E-state index in [0.29, 0.717) is 4.47 Å². The summed E-state index contributed by atoms with van der Waals surface area (Å²) in [6.07, 6.45) is 0. The summed E-state index contributed by atoms with van der Waals surface area (Å²) in [4.78, 5) is 11.9. The fourth-order valence-electron chi connectivity index (χ4n) is 1.13. The molecule has 0 aliphatic carbocycles. The van der Waals surface area contributed by atoms with Gasteiger partial charge < -0.3 is 5.73 Å². The molecular weight excluding hydrogens is 261 g/mol. The maximum Gasteiger partial charge on any atom is 0.172 e. The molecule has 82 valence electrons. The van der Waals surface area contributed by atoms with Crippen molar-refractivity contribution in [3.8, 4) is 0 Å². The van der Waals surface area contributed by atoms with Gasteiger partial charge in [-0.3, -0.25) is 4.79 Å². The van der Waals surface area contributed by atoms with Gasteiger partial charge in [-0.1, -0.05) is 29.8 Å². The fourth-order valence-corrected chi connectivity index (χ4v) is 1.49. The number of carbonyl (C=O) groups excluding carboxylic acids is 1. The van der Waals surface area contributed by atoms with Crippen LogP contribution in [0.3, 0.4) is 0 Å². The van der Waals surface area contributed by atoms with Crippen molar-refractivity contribution in [1.82, 2.24) is 0 Å². The SMILES string of the molecule is CC(C)(CN)C(=O)c1cc(Br)ccc1F. The van der Waals surface area contributed by atoms with Crippen LogP contribution in [0.25, 0.3) is 0 Å². The van der Waals surface area contributed by atoms with E-state index in [1.165, 1.54) is 12.1 Å². The largest absolute Gasteiger partial charge is 0.329 e. The van der Waals surface area contributed by atoms with Crippen LogP contribution < -0.4 is 5.73 Å². The quantitative estimate of drug-likeness (QED) is 0.861. The molecule has 0 saturated carbocycles. The van der Waals surface area contributed by atoms with E-state index in [-0.39, 0.29) is 17.9 Å². The van der Waals surface area contributed by atoms with E-state index in [2.05, 4.69) is 15.9 Å². The number of Topliss-reactive ketones (excluding diaryl/α,β-unsaturated/α-hetero) is 1. The lowest BCUT2D eigenvalue weighted by Crippen LogP contribution is -2.33. The summed E-state index contributed by atoms with van der Waals surface area (Å²) in [5, 5.41) is 0. The van der Waals surface area contributed by atoms with E-state index in [0.717, 1.165) is 0 Å². The standard InChI is InChI=1S/C11H13BrFNO/c1-11(2,6-14)10(15)8-5-7(12)3-4-9(8)13/h3-5H,6,14H2,1-2H3. The van der Waals surface area contributed by atoms with E-state index in [4.69, 9.17) is 5.73 Å². The number of benzene rings is 1. The van der Waals surface area contributed by atoms with Gasteiger partial charge in [-0.2, -0.15) is 0 Å². The molecule has 0 unspecified atom stereocenters. The van der Waals surface area contributed by atoms with Crippen LogP contribution in [-0.2, 0) is 0 Å². The van der Waals surface area contributed by atoms with E-state index >= 15 is 0 Å². The molecule has 0 heterocycles. The molecular formula is C11H13BrFNO. The number of hydrogen-bond acceptors (Lipinski definition) is 2. The van der Waals surface area contributed by atoms with Gasteiger partial charge in [0.2, 0.25) is 0 Å². The zero-order valence-electron chi connectivity index (χ0n) is 8.68. The second kappa shape index (κ2) is 4.41. The average molecular weight is 274 g/mol. The zero-order valence-corrected chi connectivity index (χ0v) is 10.3. The van der Waals surface area contributed by atoms with Crippen LogP contribution in [0.5, 0.6) is 0 Å². The molecule has 0 aliphatic heterocycles. The van der Waals surface area contributed by atoms with Crippen LogP contribution in [0.15, 0.2) is 22.7 Å². The van der Waals surface area contributed by atoms with Gasteiger partial charge in [0.15, 0.2) is 5.78 Å². The third-order valence-corrected chi connectivity index (χ3v) is 2.79. The molecule has 15 heavy (non-hydrogen) atoms. The van der Waals surface area contributed by atoms with Crippen LogP contribution in [0.4, 0.5) is 4.39 Å². The number of rotatable bonds is 3. The Labute approximate surface area is 96.8 Å². The van der Waals surface area contributed by atoms with Crippen LogP contribution in [0.2, 0.25) is 0 Å². The van der Waals surface area contributed by atoms with Crippen molar-refractivity contribution in [2.75, 3.05) is 6.54 Å². The summed E-state index contributed by atoms with van der Waals surface area (Å²) >= 11 is 3.20. The first kappa shape index (κ1) is 12.3. The molecule has 0 saturated heterocycles. The second-order valence-electron chi connectivity index (χ2n) is 4.04. The minimum absolute atomic E-state index is 0.0832. The molecule has 0 bridgehead atoms. The highest BCUT2D eigenvalue weighted by Gasteiger charge is 2.29. The van der Waals surface area contributed by atoms with E-state index in [1.54, 1.807) is 19.9 Å². The molecule has 0 spiro atoms. The van der Waals surface area contributed by atoms with Gasteiger partial charge in [0, 0.05) is 16.4 Å². The zero-order chi connectivity index (χ0) is 11.6.